The van der Waals surface area contributed by atoms with Crippen molar-refractivity contribution in [2.75, 3.05) is 39.3 Å². The van der Waals surface area contributed by atoms with Gasteiger partial charge in [-0.15, -0.1) is 0 Å². The average Bonchev–Trinajstić information content (AvgIpc) is 2.82. The Bertz CT molecular complexity index is 957. The molecule has 1 saturated heterocycles. The number of para-hydroxylation sites is 1. The van der Waals surface area contributed by atoms with Crippen molar-refractivity contribution in [2.24, 2.45) is 0 Å². The second-order valence-corrected chi connectivity index (χ2v) is 7.83. The highest BCUT2D eigenvalue weighted by atomic mass is 16.5. The van der Waals surface area contributed by atoms with E-state index in [1.54, 1.807) is 12.1 Å². The van der Waals surface area contributed by atoms with Crippen molar-refractivity contribution in [3.8, 4) is 17.2 Å². The zero-order chi connectivity index (χ0) is 22.0. The molecule has 0 aromatic heterocycles. The first-order valence-electron chi connectivity index (χ1n) is 10.6. The SMILES string of the molecule is COc1cc(C(=O)N2CCC(N3C(=O)CCc4ccccc43)CC2)cc(OC)c1OC. The highest BCUT2D eigenvalue weighted by Crippen LogP contribution is 2.39. The number of amides is 2. The van der Waals surface area contributed by atoms with Gasteiger partial charge in [0.15, 0.2) is 11.5 Å². The molecule has 0 atom stereocenters. The van der Waals surface area contributed by atoms with Crippen LogP contribution in [-0.2, 0) is 11.2 Å². The molecule has 2 aliphatic rings. The summed E-state index contributed by atoms with van der Waals surface area (Å²) < 4.78 is 16.1. The van der Waals surface area contributed by atoms with Crippen molar-refractivity contribution in [3.63, 3.8) is 0 Å². The van der Waals surface area contributed by atoms with Crippen molar-refractivity contribution in [3.05, 3.63) is 47.5 Å². The number of methoxy groups -OCH3 is 3. The number of fused-ring (bicyclic) bond motifs is 1. The molecule has 2 heterocycles. The van der Waals surface area contributed by atoms with Gasteiger partial charge in [0.05, 0.1) is 21.3 Å². The van der Waals surface area contributed by atoms with E-state index in [0.29, 0.717) is 42.3 Å². The van der Waals surface area contributed by atoms with Crippen molar-refractivity contribution >= 4 is 17.5 Å². The van der Waals surface area contributed by atoms with E-state index in [1.165, 1.54) is 26.9 Å². The van der Waals surface area contributed by atoms with Crippen molar-refractivity contribution < 1.29 is 23.8 Å². The molecule has 2 aromatic carbocycles. The molecule has 1 fully saturated rings. The number of hydrogen-bond donors (Lipinski definition) is 0. The highest BCUT2D eigenvalue weighted by molar-refractivity contribution is 5.97. The number of anilines is 1. The number of nitrogens with zero attached hydrogens (tertiary/aromatic N) is 2. The van der Waals surface area contributed by atoms with Gasteiger partial charge in [-0.3, -0.25) is 9.59 Å². The summed E-state index contributed by atoms with van der Waals surface area (Å²) in [6, 6.07) is 11.6. The molecule has 2 amide bonds. The fraction of sp³-hybridized carbons (Fsp3) is 0.417. The Balaban J connectivity index is 1.50. The molecule has 0 N–H and O–H groups in total. The number of carbonyl (C=O) groups is 2. The molecule has 7 heteroatoms. The number of aryl methyl sites for hydroxylation is 1. The molecule has 0 spiro atoms. The maximum Gasteiger partial charge on any atom is 0.254 e. The summed E-state index contributed by atoms with van der Waals surface area (Å²) in [7, 11) is 4.60. The molecule has 0 aliphatic carbocycles. The molecule has 2 aromatic rings. The van der Waals surface area contributed by atoms with Gasteiger partial charge in [0, 0.05) is 36.8 Å². The van der Waals surface area contributed by atoms with E-state index in [0.717, 1.165) is 24.9 Å². The van der Waals surface area contributed by atoms with Crippen LogP contribution in [0.5, 0.6) is 17.2 Å². The summed E-state index contributed by atoms with van der Waals surface area (Å²) >= 11 is 0. The summed E-state index contributed by atoms with van der Waals surface area (Å²) in [6.07, 6.45) is 2.83. The van der Waals surface area contributed by atoms with Gasteiger partial charge in [0.25, 0.3) is 5.91 Å². The van der Waals surface area contributed by atoms with Gasteiger partial charge >= 0.3 is 0 Å². The maximum absolute atomic E-state index is 13.2. The van der Waals surface area contributed by atoms with Gasteiger partial charge in [0.2, 0.25) is 11.7 Å². The van der Waals surface area contributed by atoms with Gasteiger partial charge < -0.3 is 24.0 Å². The summed E-state index contributed by atoms with van der Waals surface area (Å²) in [5.41, 5.74) is 2.73. The standard InChI is InChI=1S/C24H28N2O5/c1-29-20-14-17(15-21(30-2)23(20)31-3)24(28)25-12-10-18(11-13-25)26-19-7-5-4-6-16(19)8-9-22(26)27/h4-7,14-15,18H,8-13H2,1-3H3. The second kappa shape index (κ2) is 8.88. The predicted molar refractivity (Wildman–Crippen MR) is 117 cm³/mol. The highest BCUT2D eigenvalue weighted by Gasteiger charge is 2.34. The molecular weight excluding hydrogens is 396 g/mol. The average molecular weight is 424 g/mol. The smallest absolute Gasteiger partial charge is 0.254 e. The van der Waals surface area contributed by atoms with Crippen molar-refractivity contribution in [1.29, 1.82) is 0 Å². The Morgan fingerprint density at radius 2 is 1.58 bits per heavy atom. The Kier molecular flexibility index (Phi) is 6.02. The third kappa shape index (κ3) is 3.92. The summed E-state index contributed by atoms with van der Waals surface area (Å²) in [5.74, 6) is 1.46. The van der Waals surface area contributed by atoms with Crippen LogP contribution < -0.4 is 19.1 Å². The number of rotatable bonds is 5. The van der Waals surface area contributed by atoms with Gasteiger partial charge in [-0.25, -0.2) is 0 Å². The minimum Gasteiger partial charge on any atom is -0.493 e. The molecular formula is C24H28N2O5. The number of benzene rings is 2. The van der Waals surface area contributed by atoms with Gasteiger partial charge in [-0.05, 0) is 43.0 Å². The van der Waals surface area contributed by atoms with Crippen molar-refractivity contribution in [1.82, 2.24) is 4.90 Å². The zero-order valence-electron chi connectivity index (χ0n) is 18.2. The molecule has 0 radical (unpaired) electrons. The van der Waals surface area contributed by atoms with Crippen molar-refractivity contribution in [2.45, 2.75) is 31.7 Å². The van der Waals surface area contributed by atoms with E-state index >= 15 is 0 Å². The topological polar surface area (TPSA) is 68.3 Å². The van der Waals surface area contributed by atoms with Crippen LogP contribution in [0.4, 0.5) is 5.69 Å². The minimum atomic E-state index is -0.0805. The van der Waals surface area contributed by atoms with E-state index in [4.69, 9.17) is 14.2 Å². The lowest BCUT2D eigenvalue weighted by Gasteiger charge is -2.41. The van der Waals surface area contributed by atoms with Crippen LogP contribution in [0.3, 0.4) is 0 Å². The van der Waals surface area contributed by atoms with Crippen LogP contribution in [0, 0.1) is 0 Å². The molecule has 164 valence electrons. The fourth-order valence-electron chi connectivity index (χ4n) is 4.57. The van der Waals surface area contributed by atoms with E-state index in [-0.39, 0.29) is 17.9 Å². The third-order valence-electron chi connectivity index (χ3n) is 6.16. The number of piperidine rings is 1. The quantitative estimate of drug-likeness (QED) is 0.737. The van der Waals surface area contributed by atoms with Crippen LogP contribution >= 0.6 is 0 Å². The first kappa shape index (κ1) is 21.0. The van der Waals surface area contributed by atoms with Crippen LogP contribution in [0.25, 0.3) is 0 Å². The van der Waals surface area contributed by atoms with Crippen LogP contribution in [0.15, 0.2) is 36.4 Å². The molecule has 0 unspecified atom stereocenters. The molecule has 7 nitrogen and oxygen atoms in total. The summed E-state index contributed by atoms with van der Waals surface area (Å²) in [6.45, 7) is 1.18. The number of carbonyl (C=O) groups excluding carboxylic acids is 2. The molecule has 4 rings (SSSR count). The molecule has 0 saturated carbocycles. The second-order valence-electron chi connectivity index (χ2n) is 7.83. The molecule has 31 heavy (non-hydrogen) atoms. The molecule has 0 bridgehead atoms. The predicted octanol–water partition coefficient (Wildman–Crippen LogP) is 3.30. The lowest BCUT2D eigenvalue weighted by Crippen LogP contribution is -2.50. The third-order valence-corrected chi connectivity index (χ3v) is 6.16. The Morgan fingerprint density at radius 1 is 0.935 bits per heavy atom. The van der Waals surface area contributed by atoms with Crippen LogP contribution in [0.2, 0.25) is 0 Å². The van der Waals surface area contributed by atoms with E-state index in [2.05, 4.69) is 6.07 Å². The Hall–Kier alpha value is -3.22. The van der Waals surface area contributed by atoms with Gasteiger partial charge in [-0.2, -0.15) is 0 Å². The lowest BCUT2D eigenvalue weighted by atomic mass is 9.95. The monoisotopic (exact) mass is 424 g/mol. The first-order valence-corrected chi connectivity index (χ1v) is 10.6. The Labute approximate surface area is 182 Å². The maximum atomic E-state index is 13.2. The van der Waals surface area contributed by atoms with E-state index < -0.39 is 0 Å². The molecule has 2 aliphatic heterocycles. The van der Waals surface area contributed by atoms with E-state index in [9.17, 15) is 9.59 Å². The van der Waals surface area contributed by atoms with Gasteiger partial charge in [-0.1, -0.05) is 18.2 Å². The normalized spacial score (nSPS) is 16.7. The Morgan fingerprint density at radius 3 is 2.19 bits per heavy atom. The van der Waals surface area contributed by atoms with Gasteiger partial charge in [0.1, 0.15) is 0 Å². The number of hydrogen-bond acceptors (Lipinski definition) is 5. The lowest BCUT2D eigenvalue weighted by molar-refractivity contribution is -0.119. The van der Waals surface area contributed by atoms with E-state index in [1.807, 2.05) is 28.0 Å². The largest absolute Gasteiger partial charge is 0.493 e. The van der Waals surface area contributed by atoms with Crippen LogP contribution in [0.1, 0.15) is 35.2 Å². The van der Waals surface area contributed by atoms with Crippen LogP contribution in [-0.4, -0.2) is 57.2 Å². The summed E-state index contributed by atoms with van der Waals surface area (Å²) in [4.78, 5) is 29.7. The first-order chi connectivity index (χ1) is 15.1. The zero-order valence-corrected chi connectivity index (χ0v) is 18.2. The minimum absolute atomic E-state index is 0.0805. The fourth-order valence-corrected chi connectivity index (χ4v) is 4.57. The number of ether oxygens (including phenoxy) is 3. The number of likely N-dealkylation sites (tertiary alicyclic amines) is 1. The summed E-state index contributed by atoms with van der Waals surface area (Å²) in [5, 5.41) is 0.